The maximum absolute atomic E-state index is 7.47. The van der Waals surface area contributed by atoms with Crippen LogP contribution in [0.3, 0.4) is 0 Å². The van der Waals surface area contributed by atoms with Crippen molar-refractivity contribution < 1.29 is 4.74 Å². The third-order valence-corrected chi connectivity index (χ3v) is 4.58. The molecule has 1 rings (SSSR count). The molecule has 18 heavy (non-hydrogen) atoms. The summed E-state index contributed by atoms with van der Waals surface area (Å²) in [5.41, 5.74) is 7.36. The Bertz CT molecular complexity index is 418. The van der Waals surface area contributed by atoms with Crippen LogP contribution in [0, 0.1) is 11.3 Å². The third kappa shape index (κ3) is 3.95. The van der Waals surface area contributed by atoms with Crippen LogP contribution in [-0.2, 0) is 5.75 Å². The van der Waals surface area contributed by atoms with Gasteiger partial charge in [0.15, 0.2) is 0 Å². The smallest absolute Gasteiger partial charge is 0.130 e. The van der Waals surface area contributed by atoms with Gasteiger partial charge in [-0.1, -0.05) is 26.8 Å². The predicted octanol–water partition coefficient (Wildman–Crippen LogP) is 3.26. The lowest BCUT2D eigenvalue weighted by Crippen LogP contribution is -2.12. The summed E-state index contributed by atoms with van der Waals surface area (Å²) in [6.07, 6.45) is 0. The summed E-state index contributed by atoms with van der Waals surface area (Å²) in [7, 11) is 1.61. The number of methoxy groups -OCH3 is 1. The lowest BCUT2D eigenvalue weighted by molar-refractivity contribution is 0.413. The van der Waals surface area contributed by atoms with Crippen molar-refractivity contribution in [3.05, 3.63) is 29.3 Å². The largest absolute Gasteiger partial charge is 0.496 e. The highest BCUT2D eigenvalue weighted by atomic mass is 32.2. The lowest BCUT2D eigenvalue weighted by Gasteiger charge is -2.15. The number of nitrogens with one attached hydrogen (secondary N) is 1. The Kier molecular flexibility index (Phi) is 5.54. The van der Waals surface area contributed by atoms with Crippen LogP contribution >= 0.6 is 11.8 Å². The average molecular weight is 266 g/mol. The van der Waals surface area contributed by atoms with E-state index in [4.69, 9.17) is 15.9 Å². The molecule has 0 aliphatic rings. The molecule has 4 heteroatoms. The molecular weight excluding hydrogens is 244 g/mol. The second kappa shape index (κ2) is 6.69. The Morgan fingerprint density at radius 1 is 1.39 bits per heavy atom. The minimum atomic E-state index is 0.0431. The fourth-order valence-electron chi connectivity index (χ4n) is 1.47. The van der Waals surface area contributed by atoms with Gasteiger partial charge < -0.3 is 10.5 Å². The zero-order valence-electron chi connectivity index (χ0n) is 11.5. The first kappa shape index (κ1) is 14.9. The first-order valence-corrected chi connectivity index (χ1v) is 7.13. The van der Waals surface area contributed by atoms with Crippen LogP contribution in [0.15, 0.2) is 18.2 Å². The molecule has 0 spiro atoms. The number of thioether (sulfide) groups is 1. The quantitative estimate of drug-likeness (QED) is 0.614. The second-order valence-electron chi connectivity index (χ2n) is 4.71. The Morgan fingerprint density at radius 2 is 2.06 bits per heavy atom. The van der Waals surface area contributed by atoms with E-state index >= 15 is 0 Å². The van der Waals surface area contributed by atoms with Crippen molar-refractivity contribution in [2.45, 2.75) is 31.8 Å². The normalized spacial score (nSPS) is 12.5. The van der Waals surface area contributed by atoms with Gasteiger partial charge in [0.1, 0.15) is 11.6 Å². The highest BCUT2D eigenvalue weighted by Gasteiger charge is 2.10. The van der Waals surface area contributed by atoms with Crippen LogP contribution in [0.5, 0.6) is 5.75 Å². The molecule has 0 bridgehead atoms. The van der Waals surface area contributed by atoms with Gasteiger partial charge in [-0.05, 0) is 23.6 Å². The average Bonchev–Trinajstić information content (AvgIpc) is 2.34. The Balaban J connectivity index is 2.77. The molecule has 100 valence electrons. The second-order valence-corrected chi connectivity index (χ2v) is 6.07. The molecule has 1 atom stereocenters. The van der Waals surface area contributed by atoms with E-state index in [0.717, 1.165) is 5.75 Å². The van der Waals surface area contributed by atoms with Crippen LogP contribution in [-0.4, -0.2) is 18.2 Å². The summed E-state index contributed by atoms with van der Waals surface area (Å²) < 4.78 is 5.27. The third-order valence-electron chi connectivity index (χ3n) is 3.01. The number of amidine groups is 1. The monoisotopic (exact) mass is 266 g/mol. The van der Waals surface area contributed by atoms with Gasteiger partial charge in [0.2, 0.25) is 0 Å². The van der Waals surface area contributed by atoms with Gasteiger partial charge >= 0.3 is 0 Å². The van der Waals surface area contributed by atoms with Gasteiger partial charge in [0, 0.05) is 11.0 Å². The number of rotatable bonds is 6. The van der Waals surface area contributed by atoms with Gasteiger partial charge in [-0.3, -0.25) is 5.41 Å². The van der Waals surface area contributed by atoms with Gasteiger partial charge in [-0.15, -0.1) is 0 Å². The van der Waals surface area contributed by atoms with E-state index in [1.54, 1.807) is 7.11 Å². The Morgan fingerprint density at radius 3 is 2.56 bits per heavy atom. The predicted molar refractivity (Wildman–Crippen MR) is 79.6 cm³/mol. The highest BCUT2D eigenvalue weighted by molar-refractivity contribution is 7.99. The van der Waals surface area contributed by atoms with Crippen molar-refractivity contribution >= 4 is 17.6 Å². The van der Waals surface area contributed by atoms with E-state index in [1.165, 1.54) is 5.56 Å². The summed E-state index contributed by atoms with van der Waals surface area (Å²) in [6, 6.07) is 5.84. The fourth-order valence-corrected chi connectivity index (χ4v) is 2.49. The van der Waals surface area contributed by atoms with E-state index in [-0.39, 0.29) is 5.84 Å². The van der Waals surface area contributed by atoms with E-state index in [9.17, 15) is 0 Å². The summed E-state index contributed by atoms with van der Waals surface area (Å²) in [5.74, 6) is 2.35. The number of nitrogens with two attached hydrogens (primary N) is 1. The maximum Gasteiger partial charge on any atom is 0.130 e. The van der Waals surface area contributed by atoms with Crippen LogP contribution < -0.4 is 10.5 Å². The summed E-state index contributed by atoms with van der Waals surface area (Å²) >= 11 is 1.93. The summed E-state index contributed by atoms with van der Waals surface area (Å²) in [4.78, 5) is 0. The highest BCUT2D eigenvalue weighted by Crippen LogP contribution is 2.26. The van der Waals surface area contributed by atoms with E-state index in [2.05, 4.69) is 20.8 Å². The van der Waals surface area contributed by atoms with E-state index in [0.29, 0.717) is 22.5 Å². The molecule has 1 unspecified atom stereocenters. The van der Waals surface area contributed by atoms with Crippen molar-refractivity contribution in [2.75, 3.05) is 7.11 Å². The van der Waals surface area contributed by atoms with E-state index in [1.807, 2.05) is 30.0 Å². The van der Waals surface area contributed by atoms with Crippen molar-refractivity contribution in [3.8, 4) is 5.75 Å². The standard InChI is InChI=1S/C14H22N2OS/c1-9(2)10(3)18-8-11-5-6-12(14(15)16)13(7-11)17-4/h5-7,9-10H,8H2,1-4H3,(H3,15,16). The molecule has 3 nitrogen and oxygen atoms in total. The molecule has 0 radical (unpaired) electrons. The fraction of sp³-hybridized carbons (Fsp3) is 0.500. The topological polar surface area (TPSA) is 59.1 Å². The van der Waals surface area contributed by atoms with Gasteiger partial charge in [-0.25, -0.2) is 0 Å². The molecular formula is C14H22N2OS. The molecule has 1 aromatic rings. The number of benzene rings is 1. The van der Waals surface area contributed by atoms with Crippen LogP contribution in [0.2, 0.25) is 0 Å². The minimum absolute atomic E-state index is 0.0431. The Labute approximate surface area is 114 Å². The molecule has 0 aromatic heterocycles. The first-order chi connectivity index (χ1) is 8.45. The minimum Gasteiger partial charge on any atom is -0.496 e. The first-order valence-electron chi connectivity index (χ1n) is 6.08. The molecule has 0 heterocycles. The SMILES string of the molecule is COc1cc(CSC(C)C(C)C)ccc1C(=N)N. The van der Waals surface area contributed by atoms with Crippen molar-refractivity contribution in [1.29, 1.82) is 5.41 Å². The molecule has 0 saturated carbocycles. The summed E-state index contributed by atoms with van der Waals surface area (Å²) in [6.45, 7) is 6.71. The number of nitrogen functional groups attached to an aromatic ring is 1. The number of hydrogen-bond donors (Lipinski definition) is 2. The summed E-state index contributed by atoms with van der Waals surface area (Å²) in [5, 5.41) is 8.10. The molecule has 0 aliphatic carbocycles. The van der Waals surface area contributed by atoms with Crippen LogP contribution in [0.4, 0.5) is 0 Å². The van der Waals surface area contributed by atoms with Gasteiger partial charge in [0.25, 0.3) is 0 Å². The molecule has 1 aromatic carbocycles. The maximum atomic E-state index is 7.47. The number of ether oxygens (including phenoxy) is 1. The number of hydrogen-bond acceptors (Lipinski definition) is 3. The van der Waals surface area contributed by atoms with Crippen molar-refractivity contribution in [1.82, 2.24) is 0 Å². The molecule has 0 fully saturated rings. The molecule has 0 amide bonds. The van der Waals surface area contributed by atoms with Crippen molar-refractivity contribution in [2.24, 2.45) is 11.7 Å². The van der Waals surface area contributed by atoms with Crippen LogP contribution in [0.1, 0.15) is 31.9 Å². The van der Waals surface area contributed by atoms with Crippen LogP contribution in [0.25, 0.3) is 0 Å². The molecule has 0 saturated heterocycles. The zero-order chi connectivity index (χ0) is 13.7. The van der Waals surface area contributed by atoms with Gasteiger partial charge in [0.05, 0.1) is 12.7 Å². The molecule has 3 N–H and O–H groups in total. The van der Waals surface area contributed by atoms with E-state index < -0.39 is 0 Å². The molecule has 0 aliphatic heterocycles. The van der Waals surface area contributed by atoms with Gasteiger partial charge in [-0.2, -0.15) is 11.8 Å². The lowest BCUT2D eigenvalue weighted by atomic mass is 10.1. The Hall–Kier alpha value is -1.16. The van der Waals surface area contributed by atoms with Crippen molar-refractivity contribution in [3.63, 3.8) is 0 Å². The zero-order valence-corrected chi connectivity index (χ0v) is 12.3.